The fourth-order valence-corrected chi connectivity index (χ4v) is 2.64. The summed E-state index contributed by atoms with van der Waals surface area (Å²) in [5.74, 6) is -1.32. The molecule has 0 aliphatic carbocycles. The Kier molecular flexibility index (Phi) is 3.85. The predicted octanol–water partition coefficient (Wildman–Crippen LogP) is 1.63. The van der Waals surface area contributed by atoms with Gasteiger partial charge in [-0.05, 0) is 39.2 Å². The maximum Gasteiger partial charge on any atom is 0.352 e. The quantitative estimate of drug-likeness (QED) is 0.781. The van der Waals surface area contributed by atoms with Crippen LogP contribution in [0.1, 0.15) is 51.9 Å². The molecule has 1 aromatic heterocycles. The number of aryl methyl sites for hydroxylation is 1. The number of carboxylic acids is 1. The molecule has 6 nitrogen and oxygen atoms in total. The molecule has 1 saturated heterocycles. The maximum absolute atomic E-state index is 12.2. The van der Waals surface area contributed by atoms with Gasteiger partial charge in [0.15, 0.2) is 0 Å². The van der Waals surface area contributed by atoms with Crippen LogP contribution in [0.15, 0.2) is 0 Å². The first-order valence-electron chi connectivity index (χ1n) is 6.69. The third-order valence-electron chi connectivity index (χ3n) is 3.80. The second-order valence-corrected chi connectivity index (χ2v) is 5.51. The first kappa shape index (κ1) is 14.6. The van der Waals surface area contributed by atoms with Crippen molar-refractivity contribution in [3.05, 3.63) is 22.5 Å². The van der Waals surface area contributed by atoms with Gasteiger partial charge in [0.25, 0.3) is 5.91 Å². The summed E-state index contributed by atoms with van der Waals surface area (Å²) >= 11 is 0. The molecule has 3 N–H and O–H groups in total. The van der Waals surface area contributed by atoms with Crippen molar-refractivity contribution in [2.75, 3.05) is 13.2 Å². The number of aromatic nitrogens is 1. The number of ether oxygens (including phenoxy) is 1. The molecule has 0 saturated carbocycles. The van der Waals surface area contributed by atoms with Crippen molar-refractivity contribution in [1.29, 1.82) is 0 Å². The summed E-state index contributed by atoms with van der Waals surface area (Å²) in [7, 11) is 0. The van der Waals surface area contributed by atoms with Gasteiger partial charge in [-0.25, -0.2) is 4.79 Å². The number of aromatic carboxylic acids is 1. The molecule has 0 spiro atoms. The smallest absolute Gasteiger partial charge is 0.352 e. The van der Waals surface area contributed by atoms with E-state index in [1.165, 1.54) is 0 Å². The average molecular weight is 280 g/mol. The van der Waals surface area contributed by atoms with Gasteiger partial charge in [0, 0.05) is 18.8 Å². The summed E-state index contributed by atoms with van der Waals surface area (Å²) in [6.07, 6.45) is 1.91. The maximum atomic E-state index is 12.2. The summed E-state index contributed by atoms with van der Waals surface area (Å²) in [4.78, 5) is 26.0. The molecular formula is C14H20N2O4. The molecule has 0 bridgehead atoms. The Hall–Kier alpha value is -1.82. The lowest BCUT2D eigenvalue weighted by Gasteiger charge is -2.23. The molecule has 1 aliphatic heterocycles. The summed E-state index contributed by atoms with van der Waals surface area (Å²) < 4.78 is 5.61. The van der Waals surface area contributed by atoms with E-state index in [4.69, 9.17) is 9.84 Å². The lowest BCUT2D eigenvalue weighted by molar-refractivity contribution is 0.0206. The van der Waals surface area contributed by atoms with Gasteiger partial charge in [-0.2, -0.15) is 0 Å². The third kappa shape index (κ3) is 2.70. The molecule has 20 heavy (non-hydrogen) atoms. The van der Waals surface area contributed by atoms with E-state index in [9.17, 15) is 9.59 Å². The Bertz CT molecular complexity index is 542. The predicted molar refractivity (Wildman–Crippen MR) is 73.2 cm³/mol. The Morgan fingerprint density at radius 3 is 2.65 bits per heavy atom. The van der Waals surface area contributed by atoms with Crippen LogP contribution in [0.3, 0.4) is 0 Å². The monoisotopic (exact) mass is 280 g/mol. The largest absolute Gasteiger partial charge is 0.477 e. The topological polar surface area (TPSA) is 91.4 Å². The van der Waals surface area contributed by atoms with Crippen LogP contribution in [0.4, 0.5) is 0 Å². The highest BCUT2D eigenvalue weighted by atomic mass is 16.5. The second-order valence-electron chi connectivity index (χ2n) is 5.51. The van der Waals surface area contributed by atoms with Gasteiger partial charge in [-0.1, -0.05) is 0 Å². The van der Waals surface area contributed by atoms with E-state index in [2.05, 4.69) is 10.3 Å². The van der Waals surface area contributed by atoms with Crippen LogP contribution in [0.2, 0.25) is 0 Å². The number of rotatable bonds is 4. The summed E-state index contributed by atoms with van der Waals surface area (Å²) in [5, 5.41) is 11.9. The zero-order chi connectivity index (χ0) is 14.9. The number of hydrogen-bond acceptors (Lipinski definition) is 3. The molecule has 0 aromatic carbocycles. The molecule has 1 aromatic rings. The SMILES string of the molecule is Cc1[nH]c(C(=O)O)c(C)c1C(=O)NCC1(C)CCCO1. The normalized spacial score (nSPS) is 21.9. The number of nitrogens with one attached hydrogen (secondary N) is 2. The van der Waals surface area contributed by atoms with E-state index in [-0.39, 0.29) is 17.2 Å². The molecule has 1 amide bonds. The number of aromatic amines is 1. The van der Waals surface area contributed by atoms with Crippen molar-refractivity contribution in [3.8, 4) is 0 Å². The van der Waals surface area contributed by atoms with Crippen molar-refractivity contribution < 1.29 is 19.4 Å². The number of H-pyrrole nitrogens is 1. The van der Waals surface area contributed by atoms with E-state index < -0.39 is 5.97 Å². The summed E-state index contributed by atoms with van der Waals surface area (Å²) in [5.41, 5.74) is 1.18. The Labute approximate surface area is 117 Å². The van der Waals surface area contributed by atoms with Crippen molar-refractivity contribution in [1.82, 2.24) is 10.3 Å². The van der Waals surface area contributed by atoms with Crippen LogP contribution >= 0.6 is 0 Å². The van der Waals surface area contributed by atoms with Gasteiger partial charge in [-0.3, -0.25) is 4.79 Å². The van der Waals surface area contributed by atoms with Crippen molar-refractivity contribution in [2.24, 2.45) is 0 Å². The molecule has 0 radical (unpaired) electrons. The van der Waals surface area contributed by atoms with E-state index in [0.29, 0.717) is 23.4 Å². The zero-order valence-corrected chi connectivity index (χ0v) is 12.0. The Balaban J connectivity index is 2.11. The summed E-state index contributed by atoms with van der Waals surface area (Å²) in [6.45, 7) is 6.45. The van der Waals surface area contributed by atoms with E-state index >= 15 is 0 Å². The Morgan fingerprint density at radius 1 is 1.45 bits per heavy atom. The van der Waals surface area contributed by atoms with Gasteiger partial charge >= 0.3 is 5.97 Å². The minimum atomic E-state index is -1.06. The first-order chi connectivity index (χ1) is 9.34. The van der Waals surface area contributed by atoms with Crippen LogP contribution in [0.5, 0.6) is 0 Å². The summed E-state index contributed by atoms with van der Waals surface area (Å²) in [6, 6.07) is 0. The van der Waals surface area contributed by atoms with E-state index in [0.717, 1.165) is 19.4 Å². The molecule has 1 atom stereocenters. The number of carboxylic acid groups (broad SMARTS) is 1. The van der Waals surface area contributed by atoms with Crippen LogP contribution in [-0.4, -0.2) is 40.7 Å². The number of hydrogen-bond donors (Lipinski definition) is 3. The Morgan fingerprint density at radius 2 is 2.15 bits per heavy atom. The third-order valence-corrected chi connectivity index (χ3v) is 3.80. The van der Waals surface area contributed by atoms with Gasteiger partial charge in [-0.15, -0.1) is 0 Å². The standard InChI is InChI=1S/C14H20N2O4/c1-8-10(9(2)16-11(8)13(18)19)12(17)15-7-14(3)5-4-6-20-14/h16H,4-7H2,1-3H3,(H,15,17)(H,18,19). The fourth-order valence-electron chi connectivity index (χ4n) is 2.64. The second kappa shape index (κ2) is 5.28. The lowest BCUT2D eigenvalue weighted by atomic mass is 10.0. The minimum Gasteiger partial charge on any atom is -0.477 e. The van der Waals surface area contributed by atoms with Crippen molar-refractivity contribution in [3.63, 3.8) is 0 Å². The number of carbonyl (C=O) groups excluding carboxylic acids is 1. The van der Waals surface area contributed by atoms with Crippen molar-refractivity contribution >= 4 is 11.9 Å². The van der Waals surface area contributed by atoms with E-state index in [1.807, 2.05) is 6.92 Å². The number of amides is 1. The van der Waals surface area contributed by atoms with Gasteiger partial charge in [0.1, 0.15) is 5.69 Å². The van der Waals surface area contributed by atoms with Crippen LogP contribution in [0, 0.1) is 13.8 Å². The highest BCUT2D eigenvalue weighted by molar-refractivity contribution is 6.00. The molecule has 6 heteroatoms. The minimum absolute atomic E-state index is 0.0657. The fraction of sp³-hybridized carbons (Fsp3) is 0.571. The average Bonchev–Trinajstić information content (AvgIpc) is 2.92. The van der Waals surface area contributed by atoms with Gasteiger partial charge in [0.2, 0.25) is 0 Å². The molecular weight excluding hydrogens is 260 g/mol. The van der Waals surface area contributed by atoms with Gasteiger partial charge < -0.3 is 20.1 Å². The lowest BCUT2D eigenvalue weighted by Crippen LogP contribution is -2.40. The number of carbonyl (C=O) groups is 2. The molecule has 1 fully saturated rings. The van der Waals surface area contributed by atoms with Crippen LogP contribution < -0.4 is 5.32 Å². The van der Waals surface area contributed by atoms with Gasteiger partial charge in [0.05, 0.1) is 11.2 Å². The molecule has 2 heterocycles. The van der Waals surface area contributed by atoms with Crippen molar-refractivity contribution in [2.45, 2.75) is 39.2 Å². The molecule has 2 rings (SSSR count). The van der Waals surface area contributed by atoms with Crippen LogP contribution in [-0.2, 0) is 4.74 Å². The molecule has 1 unspecified atom stereocenters. The highest BCUT2D eigenvalue weighted by Crippen LogP contribution is 2.24. The van der Waals surface area contributed by atoms with Crippen LogP contribution in [0.25, 0.3) is 0 Å². The van der Waals surface area contributed by atoms with E-state index in [1.54, 1.807) is 13.8 Å². The first-order valence-corrected chi connectivity index (χ1v) is 6.69. The highest BCUT2D eigenvalue weighted by Gasteiger charge is 2.31. The molecule has 110 valence electrons. The zero-order valence-electron chi connectivity index (χ0n) is 12.0. The molecule has 1 aliphatic rings.